The molecule has 1 fully saturated rings. The summed E-state index contributed by atoms with van der Waals surface area (Å²) in [5.74, 6) is 1.99. The second-order valence-electron chi connectivity index (χ2n) is 8.18. The molecule has 0 aliphatic carbocycles. The number of amides is 1. The molecule has 3 rings (SSSR count). The number of nitrogens with zero attached hydrogens (tertiary/aromatic N) is 3. The molecule has 0 unspecified atom stereocenters. The zero-order valence-corrected chi connectivity index (χ0v) is 18.7. The molecule has 1 saturated heterocycles. The van der Waals surface area contributed by atoms with E-state index in [1.54, 1.807) is 6.26 Å². The van der Waals surface area contributed by atoms with Crippen molar-refractivity contribution in [2.75, 3.05) is 45.8 Å². The van der Waals surface area contributed by atoms with Crippen LogP contribution in [0.2, 0.25) is 0 Å². The number of carbonyl (C=O) groups is 1. The van der Waals surface area contributed by atoms with E-state index in [-0.39, 0.29) is 11.9 Å². The molecule has 1 aliphatic heterocycles. The van der Waals surface area contributed by atoms with Crippen LogP contribution in [0.25, 0.3) is 0 Å². The summed E-state index contributed by atoms with van der Waals surface area (Å²) in [4.78, 5) is 21.4. The van der Waals surface area contributed by atoms with E-state index in [1.165, 1.54) is 5.56 Å². The van der Waals surface area contributed by atoms with Crippen molar-refractivity contribution in [3.8, 4) is 0 Å². The van der Waals surface area contributed by atoms with Crippen molar-refractivity contribution in [3.63, 3.8) is 0 Å². The van der Waals surface area contributed by atoms with Crippen LogP contribution in [0, 0.1) is 0 Å². The third-order valence-electron chi connectivity index (χ3n) is 5.23. The van der Waals surface area contributed by atoms with Gasteiger partial charge in [-0.3, -0.25) is 14.7 Å². The standard InChI is InChI=1S/C24H35N5O2/c1-20(2)27-23(30)19-28-14-16-29(17-15-28)24(26-13-11-22-9-6-18-31-22)25-12-10-21-7-4-3-5-8-21/h3-9,18,20H,10-17,19H2,1-2H3,(H,25,26)(H,27,30). The topological polar surface area (TPSA) is 73.1 Å². The average Bonchev–Trinajstić information content (AvgIpc) is 3.27. The van der Waals surface area contributed by atoms with Crippen LogP contribution < -0.4 is 10.6 Å². The Morgan fingerprint density at radius 2 is 1.84 bits per heavy atom. The van der Waals surface area contributed by atoms with Crippen LogP contribution in [0.1, 0.15) is 25.2 Å². The fourth-order valence-electron chi connectivity index (χ4n) is 3.65. The van der Waals surface area contributed by atoms with Crippen LogP contribution in [0.5, 0.6) is 0 Å². The summed E-state index contributed by atoms with van der Waals surface area (Å²) >= 11 is 0. The van der Waals surface area contributed by atoms with Gasteiger partial charge in [0.15, 0.2) is 5.96 Å². The van der Waals surface area contributed by atoms with Gasteiger partial charge in [-0.1, -0.05) is 30.3 Å². The Hall–Kier alpha value is -2.80. The number of nitrogens with one attached hydrogen (secondary N) is 2. The molecule has 2 heterocycles. The number of carbonyl (C=O) groups excluding carboxylic acids is 1. The molecule has 7 nitrogen and oxygen atoms in total. The Morgan fingerprint density at radius 1 is 1.06 bits per heavy atom. The average molecular weight is 426 g/mol. The first-order valence-corrected chi connectivity index (χ1v) is 11.2. The molecule has 168 valence electrons. The third-order valence-corrected chi connectivity index (χ3v) is 5.23. The van der Waals surface area contributed by atoms with E-state index < -0.39 is 0 Å². The van der Waals surface area contributed by atoms with E-state index in [9.17, 15) is 4.79 Å². The van der Waals surface area contributed by atoms with Gasteiger partial charge in [0.1, 0.15) is 5.76 Å². The fraction of sp³-hybridized carbons (Fsp3) is 0.500. The first-order chi connectivity index (χ1) is 15.1. The number of hydrogen-bond acceptors (Lipinski definition) is 4. The molecular weight excluding hydrogens is 390 g/mol. The van der Waals surface area contributed by atoms with Gasteiger partial charge < -0.3 is 20.0 Å². The molecule has 7 heteroatoms. The predicted molar refractivity (Wildman–Crippen MR) is 124 cm³/mol. The predicted octanol–water partition coefficient (Wildman–Crippen LogP) is 2.15. The zero-order chi connectivity index (χ0) is 21.9. The summed E-state index contributed by atoms with van der Waals surface area (Å²) in [6, 6.07) is 14.6. The van der Waals surface area contributed by atoms with Crippen molar-refractivity contribution in [1.82, 2.24) is 20.4 Å². The molecule has 0 atom stereocenters. The van der Waals surface area contributed by atoms with Crippen LogP contribution in [-0.2, 0) is 17.6 Å². The Balaban J connectivity index is 1.52. The summed E-state index contributed by atoms with van der Waals surface area (Å²) in [5, 5.41) is 6.52. The van der Waals surface area contributed by atoms with Crippen LogP contribution in [-0.4, -0.2) is 73.5 Å². The van der Waals surface area contributed by atoms with E-state index in [0.29, 0.717) is 13.1 Å². The van der Waals surface area contributed by atoms with Crippen molar-refractivity contribution in [2.24, 2.45) is 4.99 Å². The molecule has 31 heavy (non-hydrogen) atoms. The van der Waals surface area contributed by atoms with Crippen molar-refractivity contribution in [3.05, 3.63) is 60.1 Å². The van der Waals surface area contributed by atoms with Crippen LogP contribution in [0.3, 0.4) is 0 Å². The van der Waals surface area contributed by atoms with Gasteiger partial charge in [0.25, 0.3) is 0 Å². The van der Waals surface area contributed by atoms with E-state index in [0.717, 1.165) is 57.3 Å². The van der Waals surface area contributed by atoms with Gasteiger partial charge in [-0.2, -0.15) is 0 Å². The van der Waals surface area contributed by atoms with Crippen molar-refractivity contribution in [2.45, 2.75) is 32.7 Å². The molecule has 0 spiro atoms. The number of hydrogen-bond donors (Lipinski definition) is 2. The molecule has 0 saturated carbocycles. The Kier molecular flexibility index (Phi) is 8.97. The van der Waals surface area contributed by atoms with E-state index in [4.69, 9.17) is 9.41 Å². The lowest BCUT2D eigenvalue weighted by Gasteiger charge is -2.36. The second kappa shape index (κ2) is 12.2. The summed E-state index contributed by atoms with van der Waals surface area (Å²) in [7, 11) is 0. The number of aliphatic imine (C=N–C) groups is 1. The smallest absolute Gasteiger partial charge is 0.234 e. The molecule has 2 aromatic rings. The van der Waals surface area contributed by atoms with Gasteiger partial charge in [0.2, 0.25) is 5.91 Å². The Morgan fingerprint density at radius 3 is 2.52 bits per heavy atom. The quantitative estimate of drug-likeness (QED) is 0.476. The summed E-state index contributed by atoms with van der Waals surface area (Å²) in [5.41, 5.74) is 1.31. The van der Waals surface area contributed by atoms with Crippen molar-refractivity contribution < 1.29 is 9.21 Å². The SMILES string of the molecule is CC(C)NC(=O)CN1CCN(C(=NCCc2ccco2)NCCc2ccccc2)CC1. The largest absolute Gasteiger partial charge is 0.469 e. The number of benzene rings is 1. The number of guanidine groups is 1. The fourth-order valence-corrected chi connectivity index (χ4v) is 3.65. The van der Waals surface area contributed by atoms with E-state index in [1.807, 2.05) is 32.0 Å². The molecule has 1 aromatic heterocycles. The number of furan rings is 1. The molecule has 2 N–H and O–H groups in total. The van der Waals surface area contributed by atoms with Crippen LogP contribution in [0.15, 0.2) is 58.1 Å². The first kappa shape index (κ1) is 22.9. The van der Waals surface area contributed by atoms with Crippen LogP contribution >= 0.6 is 0 Å². The van der Waals surface area contributed by atoms with Gasteiger partial charge in [0.05, 0.1) is 12.8 Å². The molecular formula is C24H35N5O2. The van der Waals surface area contributed by atoms with Gasteiger partial charge in [-0.25, -0.2) is 0 Å². The highest BCUT2D eigenvalue weighted by atomic mass is 16.3. The minimum Gasteiger partial charge on any atom is -0.469 e. The zero-order valence-electron chi connectivity index (χ0n) is 18.7. The van der Waals surface area contributed by atoms with Crippen molar-refractivity contribution in [1.29, 1.82) is 0 Å². The minimum absolute atomic E-state index is 0.0942. The third kappa shape index (κ3) is 8.09. The lowest BCUT2D eigenvalue weighted by molar-refractivity contribution is -0.123. The Labute approximate surface area is 185 Å². The monoisotopic (exact) mass is 425 g/mol. The molecule has 1 amide bonds. The van der Waals surface area contributed by atoms with Crippen LogP contribution in [0.4, 0.5) is 0 Å². The molecule has 0 bridgehead atoms. The van der Waals surface area contributed by atoms with E-state index in [2.05, 4.69) is 44.7 Å². The van der Waals surface area contributed by atoms with Gasteiger partial charge in [-0.05, 0) is 38.0 Å². The maximum Gasteiger partial charge on any atom is 0.234 e. The van der Waals surface area contributed by atoms with Gasteiger partial charge in [0, 0.05) is 51.7 Å². The highest BCUT2D eigenvalue weighted by molar-refractivity contribution is 5.80. The number of rotatable bonds is 9. The second-order valence-corrected chi connectivity index (χ2v) is 8.18. The van der Waals surface area contributed by atoms with Crippen molar-refractivity contribution >= 4 is 11.9 Å². The summed E-state index contributed by atoms with van der Waals surface area (Å²) < 4.78 is 5.43. The van der Waals surface area contributed by atoms with E-state index >= 15 is 0 Å². The molecule has 1 aromatic carbocycles. The molecule has 1 aliphatic rings. The highest BCUT2D eigenvalue weighted by Gasteiger charge is 2.21. The molecule has 0 radical (unpaired) electrons. The lowest BCUT2D eigenvalue weighted by Crippen LogP contribution is -2.54. The first-order valence-electron chi connectivity index (χ1n) is 11.2. The van der Waals surface area contributed by atoms with Gasteiger partial charge >= 0.3 is 0 Å². The summed E-state index contributed by atoms with van der Waals surface area (Å²) in [6.07, 6.45) is 3.44. The summed E-state index contributed by atoms with van der Waals surface area (Å²) in [6.45, 7) is 9.36. The Bertz CT molecular complexity index is 797. The highest BCUT2D eigenvalue weighted by Crippen LogP contribution is 2.05. The maximum absolute atomic E-state index is 12.1. The minimum atomic E-state index is 0.0942. The lowest BCUT2D eigenvalue weighted by atomic mass is 10.1. The maximum atomic E-state index is 12.1. The van der Waals surface area contributed by atoms with Gasteiger partial charge in [-0.15, -0.1) is 0 Å². The number of piperazine rings is 1. The normalized spacial score (nSPS) is 15.3.